The highest BCUT2D eigenvalue weighted by molar-refractivity contribution is 6.19. The molecule has 1 unspecified atom stereocenters. The fraction of sp³-hybridized carbons (Fsp3) is 0.565. The third-order valence-electron chi connectivity index (χ3n) is 12.9. The first-order chi connectivity index (χ1) is 31.9. The zero-order chi connectivity index (χ0) is 48.0. The summed E-state index contributed by atoms with van der Waals surface area (Å²) in [4.78, 5) is 82.9. The summed E-state index contributed by atoms with van der Waals surface area (Å²) in [6, 6.07) is 6.11. The summed E-state index contributed by atoms with van der Waals surface area (Å²) in [6.45, 7) is 10.1. The number of rotatable bonds is 13. The molecule has 5 aliphatic rings. The number of piperidine rings is 2. The summed E-state index contributed by atoms with van der Waals surface area (Å²) in [5, 5.41) is 7.50. The van der Waals surface area contributed by atoms with Crippen molar-refractivity contribution in [3.05, 3.63) is 65.0 Å². The van der Waals surface area contributed by atoms with E-state index in [0.29, 0.717) is 24.4 Å². The van der Waals surface area contributed by atoms with Gasteiger partial charge in [-0.15, -0.1) is 0 Å². The van der Waals surface area contributed by atoms with Crippen molar-refractivity contribution in [3.8, 4) is 0 Å². The summed E-state index contributed by atoms with van der Waals surface area (Å²) in [6.07, 6.45) is 3.69. The molecule has 0 radical (unpaired) electrons. The Bertz CT molecular complexity index is 2270. The lowest BCUT2D eigenvalue weighted by Gasteiger charge is -2.37. The van der Waals surface area contributed by atoms with E-state index in [4.69, 9.17) is 16.2 Å². The summed E-state index contributed by atoms with van der Waals surface area (Å²) in [5.74, 6) is -1.16. The highest BCUT2D eigenvalue weighted by Gasteiger charge is 2.39. The Labute approximate surface area is 387 Å². The van der Waals surface area contributed by atoms with Gasteiger partial charge in [0.1, 0.15) is 35.0 Å². The van der Waals surface area contributed by atoms with E-state index in [1.807, 2.05) is 18.2 Å². The lowest BCUT2D eigenvalue weighted by atomic mass is 9.84. The molecule has 0 spiro atoms. The van der Waals surface area contributed by atoms with Crippen molar-refractivity contribution in [2.45, 2.75) is 115 Å². The Morgan fingerprint density at radius 1 is 1.03 bits per heavy atom. The molecule has 2 aromatic rings. The number of hydrogen-bond donors (Lipinski definition) is 6. The average molecular weight is 936 g/mol. The van der Waals surface area contributed by atoms with Gasteiger partial charge in [0.15, 0.2) is 18.1 Å². The largest absolute Gasteiger partial charge is 0.444 e. The second kappa shape index (κ2) is 21.1. The maximum absolute atomic E-state index is 14.9. The predicted molar refractivity (Wildman–Crippen MR) is 243 cm³/mol. The van der Waals surface area contributed by atoms with Crippen LogP contribution in [0, 0.1) is 5.92 Å². The van der Waals surface area contributed by atoms with Crippen LogP contribution in [0.3, 0.4) is 0 Å². The minimum Gasteiger partial charge on any atom is -0.444 e. The SMILES string of the molecule is CC(C)(C)OC(=O)N[C@@H]1C[C@@H](F)CN(c2ccnc(/C(=C\N)C(=O)N/C(C=[NH+]C3CCC(CCN4CCN(c5ccc6c(c5)CN(C5CCC(=O)NC5=O)C6=O)CC4)CC3)=C(/N)C(F)F)n2)C1. The maximum atomic E-state index is 14.9. The molecule has 3 atom stereocenters. The Balaban J connectivity index is 0.868. The third kappa shape index (κ3) is 12.4. The highest BCUT2D eigenvalue weighted by atomic mass is 19.3. The number of anilines is 2. The van der Waals surface area contributed by atoms with Crippen LogP contribution in [-0.2, 0) is 25.7 Å². The predicted octanol–water partition coefficient (Wildman–Crippen LogP) is 1.45. The van der Waals surface area contributed by atoms with Gasteiger partial charge < -0.3 is 41.5 Å². The number of amides is 5. The number of carbonyl (C=O) groups excluding carboxylic acids is 5. The van der Waals surface area contributed by atoms with Crippen molar-refractivity contribution in [2.24, 2.45) is 17.4 Å². The number of imide groups is 1. The summed E-state index contributed by atoms with van der Waals surface area (Å²) < 4.78 is 48.2. The monoisotopic (exact) mass is 935 g/mol. The molecule has 0 bridgehead atoms. The van der Waals surface area contributed by atoms with Crippen molar-refractivity contribution >= 4 is 53.0 Å². The number of fused-ring (bicyclic) bond motifs is 1. The molecule has 1 aromatic heterocycles. The molecule has 21 heteroatoms. The van der Waals surface area contributed by atoms with Crippen LogP contribution in [0.4, 0.5) is 29.5 Å². The number of hydrogen-bond acceptors (Lipinski definition) is 13. The van der Waals surface area contributed by atoms with Gasteiger partial charge in [0.25, 0.3) is 18.2 Å². The van der Waals surface area contributed by atoms with Crippen LogP contribution < -0.4 is 42.2 Å². The first kappa shape index (κ1) is 48.7. The minimum atomic E-state index is -3.07. The Kier molecular flexibility index (Phi) is 15.4. The summed E-state index contributed by atoms with van der Waals surface area (Å²) in [7, 11) is 0. The number of alkyl halides is 3. The molecule has 5 heterocycles. The van der Waals surface area contributed by atoms with Gasteiger partial charge in [-0.05, 0) is 88.7 Å². The van der Waals surface area contributed by atoms with E-state index in [1.165, 1.54) is 18.5 Å². The molecule has 5 amide bonds. The summed E-state index contributed by atoms with van der Waals surface area (Å²) in [5.41, 5.74) is 12.1. The molecule has 1 aromatic carbocycles. The normalized spacial score (nSPS) is 24.7. The van der Waals surface area contributed by atoms with E-state index in [1.54, 1.807) is 30.6 Å². The van der Waals surface area contributed by atoms with E-state index in [2.05, 4.69) is 40.7 Å². The van der Waals surface area contributed by atoms with Gasteiger partial charge >= 0.3 is 6.09 Å². The molecular formula is C46H62F3N12O6+. The first-order valence-electron chi connectivity index (χ1n) is 23.0. The maximum Gasteiger partial charge on any atom is 0.407 e. The Hall–Kier alpha value is -6.25. The third-order valence-corrected chi connectivity index (χ3v) is 12.9. The van der Waals surface area contributed by atoms with Crippen molar-refractivity contribution in [3.63, 3.8) is 0 Å². The van der Waals surface area contributed by atoms with Crippen molar-refractivity contribution in [2.75, 3.05) is 55.6 Å². The molecule has 8 N–H and O–H groups in total. The number of benzene rings is 1. The zero-order valence-corrected chi connectivity index (χ0v) is 38.2. The van der Waals surface area contributed by atoms with Gasteiger partial charge in [0, 0.05) is 88.6 Å². The smallest absolute Gasteiger partial charge is 0.407 e. The van der Waals surface area contributed by atoms with Gasteiger partial charge in [-0.1, -0.05) is 0 Å². The van der Waals surface area contributed by atoms with Crippen molar-refractivity contribution in [1.82, 2.24) is 35.7 Å². The summed E-state index contributed by atoms with van der Waals surface area (Å²) >= 11 is 0. The standard InChI is InChI=1S/C46H61F3N12O6/c1-46(2,3)67-45(66)54-31-21-29(47)25-60(26-31)37-12-14-52-41(56-37)34(22-50)42(63)55-35(39(51)40(48)49)23-53-30-6-4-27(5-7-30)13-15-58-16-18-59(19-17-58)32-8-9-33-28(20-32)24-61(44(33)65)36-10-11-38(62)57-43(36)64/h8-9,12,14,20,22-23,27,29-31,36,40H,4-7,10-11,13,15-19,21,24-26,50-51H2,1-3H3,(H,54,66)(H,55,63)(H,57,62,64)/p+1/b34-22+,39-35+,53-23?/t27?,29-,30?,31-,36?/m1/s1. The Morgan fingerprint density at radius 2 is 1.78 bits per heavy atom. The Morgan fingerprint density at radius 3 is 2.46 bits per heavy atom. The molecule has 18 nitrogen and oxygen atoms in total. The zero-order valence-electron chi connectivity index (χ0n) is 38.2. The van der Waals surface area contributed by atoms with Crippen LogP contribution in [0.5, 0.6) is 0 Å². The second-order valence-corrected chi connectivity index (χ2v) is 18.9. The van der Waals surface area contributed by atoms with Crippen LogP contribution in [0.15, 0.2) is 48.1 Å². The molecule has 362 valence electrons. The van der Waals surface area contributed by atoms with Gasteiger partial charge in [0.05, 0.1) is 18.2 Å². The molecule has 4 fully saturated rings. The molecule has 4 aliphatic heterocycles. The molecule has 3 saturated heterocycles. The van der Waals surface area contributed by atoms with Gasteiger partial charge in [0.2, 0.25) is 11.8 Å². The molecule has 67 heavy (non-hydrogen) atoms. The van der Waals surface area contributed by atoms with Crippen molar-refractivity contribution < 1.29 is 46.9 Å². The number of carbonyl (C=O) groups is 5. The topological polar surface area (TPSA) is 235 Å². The van der Waals surface area contributed by atoms with Crippen LogP contribution in [0.25, 0.3) is 5.57 Å². The van der Waals surface area contributed by atoms with E-state index in [0.717, 1.165) is 82.3 Å². The lowest BCUT2D eigenvalue weighted by Crippen LogP contribution is -2.77. The van der Waals surface area contributed by atoms with E-state index in [9.17, 15) is 37.1 Å². The fourth-order valence-corrected chi connectivity index (χ4v) is 9.38. The van der Waals surface area contributed by atoms with Gasteiger partial charge in [-0.2, -0.15) is 0 Å². The number of nitrogens with zero attached hydrogens (tertiary/aromatic N) is 6. The molecule has 7 rings (SSSR count). The second-order valence-electron chi connectivity index (χ2n) is 18.9. The van der Waals surface area contributed by atoms with Crippen LogP contribution in [0.2, 0.25) is 0 Å². The van der Waals surface area contributed by atoms with Crippen molar-refractivity contribution in [1.29, 1.82) is 0 Å². The van der Waals surface area contributed by atoms with Crippen LogP contribution in [-0.4, -0.2) is 138 Å². The van der Waals surface area contributed by atoms with Crippen LogP contribution in [0.1, 0.15) is 93.9 Å². The number of allylic oxidation sites excluding steroid dienone is 2. The number of aromatic nitrogens is 2. The molecule has 1 aliphatic carbocycles. The van der Waals surface area contributed by atoms with Gasteiger partial charge in [-0.3, -0.25) is 29.4 Å². The quantitative estimate of drug-likeness (QED) is 0.0950. The number of nitrogens with one attached hydrogen (secondary N) is 4. The highest BCUT2D eigenvalue weighted by Crippen LogP contribution is 2.32. The average Bonchev–Trinajstić information content (AvgIpc) is 3.61. The number of halogens is 3. The van der Waals surface area contributed by atoms with Crippen LogP contribution >= 0.6 is 0 Å². The first-order valence-corrected chi connectivity index (χ1v) is 23.0. The fourth-order valence-electron chi connectivity index (χ4n) is 9.38. The number of ether oxygens (including phenoxy) is 1. The van der Waals surface area contributed by atoms with Gasteiger partial charge in [-0.25, -0.2) is 32.9 Å². The lowest BCUT2D eigenvalue weighted by molar-refractivity contribution is -0.503. The number of nitrogens with two attached hydrogens (primary N) is 2. The number of alkyl carbamates (subject to hydrolysis) is 1. The van der Waals surface area contributed by atoms with E-state index >= 15 is 0 Å². The molecule has 1 saturated carbocycles. The van der Waals surface area contributed by atoms with E-state index in [-0.39, 0.29) is 66.7 Å². The molecular weight excluding hydrogens is 874 g/mol. The van der Waals surface area contributed by atoms with E-state index < -0.39 is 53.9 Å². The number of piperazine rings is 1. The minimum absolute atomic E-state index is 0.0297.